The second-order valence-corrected chi connectivity index (χ2v) is 20.8. The fourth-order valence-corrected chi connectivity index (χ4v) is 8.32. The van der Waals surface area contributed by atoms with Crippen molar-refractivity contribution in [2.24, 2.45) is 0 Å². The van der Waals surface area contributed by atoms with Gasteiger partial charge in [0.2, 0.25) is 5.91 Å². The van der Waals surface area contributed by atoms with Crippen LogP contribution in [0.2, 0.25) is 0 Å². The molecule has 380 valence electrons. The number of allylic oxidation sites excluding steroid dienone is 7. The molecule has 0 fully saturated rings. The number of carbonyl (C=O) groups excluding carboxylic acids is 2. The summed E-state index contributed by atoms with van der Waals surface area (Å²) in [6.45, 7) is 6.70. The van der Waals surface area contributed by atoms with Crippen molar-refractivity contribution in [3.63, 3.8) is 0 Å². The van der Waals surface area contributed by atoms with Gasteiger partial charge in [0, 0.05) is 12.8 Å². The Labute approximate surface area is 401 Å². The van der Waals surface area contributed by atoms with Crippen LogP contribution in [0.25, 0.3) is 0 Å². The van der Waals surface area contributed by atoms with Gasteiger partial charge in [0.05, 0.1) is 33.8 Å². The molecule has 65 heavy (non-hydrogen) atoms. The second kappa shape index (κ2) is 45.7. The molecule has 0 radical (unpaired) electrons. The Morgan fingerprint density at radius 1 is 0.554 bits per heavy atom. The van der Waals surface area contributed by atoms with Crippen LogP contribution in [0, 0.1) is 0 Å². The number of quaternary nitrogens is 1. The molecular weight excluding hydrogens is 832 g/mol. The number of ether oxygens (including phenoxy) is 1. The lowest BCUT2D eigenvalue weighted by Crippen LogP contribution is -2.47. The first-order chi connectivity index (χ1) is 31.4. The van der Waals surface area contributed by atoms with E-state index in [2.05, 4.69) is 62.5 Å². The Balaban J connectivity index is 5.44. The topological polar surface area (TPSA) is 114 Å². The van der Waals surface area contributed by atoms with E-state index in [-0.39, 0.29) is 24.9 Å². The maximum Gasteiger partial charge on any atom is 0.306 e. The highest BCUT2D eigenvalue weighted by Crippen LogP contribution is 2.38. The average molecular weight is 935 g/mol. The third kappa shape index (κ3) is 46.9. The zero-order chi connectivity index (χ0) is 48.0. The fraction of sp³-hybridized carbons (Fsp3) is 0.818. The van der Waals surface area contributed by atoms with E-state index in [1.54, 1.807) is 0 Å². The van der Waals surface area contributed by atoms with Crippen molar-refractivity contribution in [1.29, 1.82) is 0 Å². The average Bonchev–Trinajstić information content (AvgIpc) is 3.26. The van der Waals surface area contributed by atoms with Gasteiger partial charge in [-0.1, -0.05) is 211 Å². The zero-order valence-corrected chi connectivity index (χ0v) is 44.1. The molecule has 3 unspecified atom stereocenters. The van der Waals surface area contributed by atoms with Crippen LogP contribution < -0.4 is 10.2 Å². The summed E-state index contributed by atoms with van der Waals surface area (Å²) in [5, 5.41) is 3.01. The number of phosphoric acid groups is 1. The number of hydrogen-bond acceptors (Lipinski definition) is 7. The number of unbranched alkanes of at least 4 members (excludes halogenated alkanes) is 26. The molecule has 0 aromatic carbocycles. The number of nitrogens with zero attached hydrogens (tertiary/aromatic N) is 1. The molecule has 9 nitrogen and oxygen atoms in total. The van der Waals surface area contributed by atoms with Crippen molar-refractivity contribution in [3.8, 4) is 0 Å². The molecule has 0 spiro atoms. The summed E-state index contributed by atoms with van der Waals surface area (Å²) in [5.74, 6) is -0.564. The van der Waals surface area contributed by atoms with Crippen molar-refractivity contribution >= 4 is 19.7 Å². The van der Waals surface area contributed by atoms with E-state index < -0.39 is 26.6 Å². The van der Waals surface area contributed by atoms with Gasteiger partial charge in [0.15, 0.2) is 0 Å². The maximum atomic E-state index is 13.4. The monoisotopic (exact) mass is 935 g/mol. The molecule has 3 atom stereocenters. The van der Waals surface area contributed by atoms with E-state index in [1.807, 2.05) is 33.3 Å². The Hall–Kier alpha value is -2.03. The standard InChI is InChI=1S/C55H103N2O7P/c1-7-10-13-16-19-22-25-28-30-33-36-39-42-45-48-55(59)64-53(46-43-40-37-34-31-27-24-21-18-15-12-9-3)52(51-63-65(60,61)62-50-49-57(4,5)6)56-54(58)47-44-41-38-35-32-29-26-23-20-17-14-11-8-2/h10,13,19,22,28,30,43,46,52-53H,7-9,11-12,14-18,20-21,23-27,29,31-42,44-45,47-51H2,1-6H3,(H-,56,58,60,61)/b13-10+,22-19+,30-28+,46-43+. The highest BCUT2D eigenvalue weighted by Gasteiger charge is 2.27. The van der Waals surface area contributed by atoms with Crippen molar-refractivity contribution in [3.05, 3.63) is 48.6 Å². The molecule has 0 saturated carbocycles. The molecule has 0 aromatic rings. The predicted octanol–water partition coefficient (Wildman–Crippen LogP) is 15.1. The van der Waals surface area contributed by atoms with Crippen LogP contribution in [0.4, 0.5) is 0 Å². The van der Waals surface area contributed by atoms with Crippen molar-refractivity contribution in [2.75, 3.05) is 40.9 Å². The lowest BCUT2D eigenvalue weighted by atomic mass is 10.0. The first kappa shape index (κ1) is 63.0. The van der Waals surface area contributed by atoms with Gasteiger partial charge in [0.25, 0.3) is 7.82 Å². The molecule has 0 aliphatic heterocycles. The van der Waals surface area contributed by atoms with Crippen LogP contribution in [0.1, 0.15) is 239 Å². The summed E-state index contributed by atoms with van der Waals surface area (Å²) in [5.41, 5.74) is 0. The molecule has 1 N–H and O–H groups in total. The molecular formula is C55H103N2O7P. The minimum Gasteiger partial charge on any atom is -0.756 e. The summed E-state index contributed by atoms with van der Waals surface area (Å²) < 4.78 is 30.1. The highest BCUT2D eigenvalue weighted by atomic mass is 31.2. The van der Waals surface area contributed by atoms with Gasteiger partial charge in [-0.2, -0.15) is 0 Å². The minimum absolute atomic E-state index is 0.0254. The molecule has 0 rings (SSSR count). The van der Waals surface area contributed by atoms with E-state index in [4.69, 9.17) is 13.8 Å². The van der Waals surface area contributed by atoms with Gasteiger partial charge in [-0.25, -0.2) is 0 Å². The van der Waals surface area contributed by atoms with Crippen LogP contribution in [0.3, 0.4) is 0 Å². The van der Waals surface area contributed by atoms with E-state index in [0.29, 0.717) is 23.9 Å². The zero-order valence-electron chi connectivity index (χ0n) is 43.2. The summed E-state index contributed by atoms with van der Waals surface area (Å²) in [6.07, 6.45) is 53.6. The maximum absolute atomic E-state index is 13.4. The first-order valence-electron chi connectivity index (χ1n) is 26.9. The van der Waals surface area contributed by atoms with Crippen molar-refractivity contribution in [1.82, 2.24) is 5.32 Å². The Morgan fingerprint density at radius 2 is 0.985 bits per heavy atom. The normalized spacial score (nSPS) is 14.3. The second-order valence-electron chi connectivity index (χ2n) is 19.4. The SMILES string of the molecule is CC/C=C/C/C=C/C/C=C/CCCCCCC(=O)OC(/C=C/CCCCCCCCCCCC)C(COP(=O)([O-])OCC[N+](C)(C)C)NC(=O)CCCCCCCCCCCCCCC. The number of amides is 1. The molecule has 10 heteroatoms. The van der Waals surface area contributed by atoms with Crippen LogP contribution in [0.5, 0.6) is 0 Å². The molecule has 0 bridgehead atoms. The lowest BCUT2D eigenvalue weighted by Gasteiger charge is -2.30. The molecule has 0 heterocycles. The van der Waals surface area contributed by atoms with Crippen LogP contribution in [-0.2, 0) is 27.9 Å². The summed E-state index contributed by atoms with van der Waals surface area (Å²) in [7, 11) is 1.17. The number of hydrogen-bond donors (Lipinski definition) is 1. The predicted molar refractivity (Wildman–Crippen MR) is 275 cm³/mol. The van der Waals surface area contributed by atoms with Gasteiger partial charge in [-0.05, 0) is 63.9 Å². The van der Waals surface area contributed by atoms with Gasteiger partial charge in [0.1, 0.15) is 19.3 Å². The number of carbonyl (C=O) groups is 2. The number of phosphoric ester groups is 1. The number of likely N-dealkylation sites (N-methyl/N-ethyl adjacent to an activating group) is 1. The van der Waals surface area contributed by atoms with Gasteiger partial charge >= 0.3 is 5.97 Å². The van der Waals surface area contributed by atoms with Gasteiger partial charge in [-0.3, -0.25) is 14.2 Å². The van der Waals surface area contributed by atoms with E-state index in [0.717, 1.165) is 83.5 Å². The van der Waals surface area contributed by atoms with Crippen molar-refractivity contribution in [2.45, 2.75) is 251 Å². The first-order valence-corrected chi connectivity index (χ1v) is 28.4. The third-order valence-electron chi connectivity index (χ3n) is 11.8. The molecule has 0 saturated heterocycles. The van der Waals surface area contributed by atoms with Crippen LogP contribution in [-0.4, -0.2) is 69.4 Å². The van der Waals surface area contributed by atoms with E-state index >= 15 is 0 Å². The van der Waals surface area contributed by atoms with Gasteiger partial charge in [-0.15, -0.1) is 0 Å². The highest BCUT2D eigenvalue weighted by molar-refractivity contribution is 7.45. The number of nitrogens with one attached hydrogen (secondary N) is 1. The van der Waals surface area contributed by atoms with E-state index in [1.165, 1.54) is 116 Å². The Kier molecular flexibility index (Phi) is 44.3. The van der Waals surface area contributed by atoms with Gasteiger partial charge < -0.3 is 28.5 Å². The molecule has 0 aromatic heterocycles. The van der Waals surface area contributed by atoms with Crippen LogP contribution >= 0.6 is 7.82 Å². The number of rotatable bonds is 48. The number of esters is 1. The minimum atomic E-state index is -4.69. The van der Waals surface area contributed by atoms with Crippen molar-refractivity contribution < 1.29 is 37.3 Å². The summed E-state index contributed by atoms with van der Waals surface area (Å²) >= 11 is 0. The third-order valence-corrected chi connectivity index (χ3v) is 12.7. The summed E-state index contributed by atoms with van der Waals surface area (Å²) in [4.78, 5) is 39.7. The van der Waals surface area contributed by atoms with E-state index in [9.17, 15) is 19.0 Å². The largest absolute Gasteiger partial charge is 0.756 e. The smallest absolute Gasteiger partial charge is 0.306 e. The molecule has 0 aliphatic rings. The fourth-order valence-electron chi connectivity index (χ4n) is 7.59. The quantitative estimate of drug-likeness (QED) is 0.0212. The Bertz CT molecular complexity index is 1260. The molecule has 0 aliphatic carbocycles. The summed E-state index contributed by atoms with van der Waals surface area (Å²) in [6, 6.07) is -0.893. The molecule has 1 amide bonds. The lowest BCUT2D eigenvalue weighted by molar-refractivity contribution is -0.870. The van der Waals surface area contributed by atoms with Crippen LogP contribution in [0.15, 0.2) is 48.6 Å². The Morgan fingerprint density at radius 3 is 1.48 bits per heavy atom.